The zero-order chi connectivity index (χ0) is 27.4. The number of aliphatic carboxylic acids is 1. The van der Waals surface area contributed by atoms with Gasteiger partial charge in [-0.2, -0.15) is 0 Å². The van der Waals surface area contributed by atoms with Crippen molar-refractivity contribution in [1.82, 2.24) is 10.6 Å². The topological polar surface area (TPSA) is 165 Å². The number of carbonyl (C=O) groups is 3. The van der Waals surface area contributed by atoms with Gasteiger partial charge in [-0.3, -0.25) is 4.79 Å². The maximum Gasteiger partial charge on any atom is 0.339 e. The number of carbonyl (C=O) groups excluding carboxylic acids is 2. The molecule has 2 aromatic carbocycles. The molecule has 4 rings (SSSR count). The number of carboxylic acids is 1. The molecule has 3 amide bonds. The molecule has 1 atom stereocenters. The van der Waals surface area contributed by atoms with E-state index in [0.29, 0.717) is 28.7 Å². The Bertz CT molecular complexity index is 1570. The van der Waals surface area contributed by atoms with Gasteiger partial charge in [0.25, 0.3) is 0 Å². The molecule has 0 bridgehead atoms. The predicted octanol–water partition coefficient (Wildman–Crippen LogP) is 3.77. The highest BCUT2D eigenvalue weighted by Gasteiger charge is 2.21. The van der Waals surface area contributed by atoms with Gasteiger partial charge in [0, 0.05) is 40.9 Å². The summed E-state index contributed by atoms with van der Waals surface area (Å²) in [6.07, 6.45) is 0.422. The second-order valence-electron chi connectivity index (χ2n) is 9.13. The van der Waals surface area contributed by atoms with Gasteiger partial charge in [-0.1, -0.05) is 30.3 Å². The quantitative estimate of drug-likeness (QED) is 0.183. The molecule has 38 heavy (non-hydrogen) atoms. The van der Waals surface area contributed by atoms with Crippen molar-refractivity contribution in [3.63, 3.8) is 0 Å². The number of urea groups is 1. The number of hydrogen-bond acceptors (Lipinski definition) is 6. The summed E-state index contributed by atoms with van der Waals surface area (Å²) in [5.74, 6) is -0.948. The van der Waals surface area contributed by atoms with E-state index in [0.717, 1.165) is 27.7 Å². The first-order chi connectivity index (χ1) is 18.2. The van der Waals surface area contributed by atoms with E-state index >= 15 is 0 Å². The molecule has 0 radical (unpaired) electrons. The lowest BCUT2D eigenvalue weighted by molar-refractivity contribution is -0.142. The number of furan rings is 1. The van der Waals surface area contributed by atoms with Crippen molar-refractivity contribution in [3.05, 3.63) is 69.8 Å². The van der Waals surface area contributed by atoms with Crippen LogP contribution >= 0.6 is 0 Å². The molecule has 0 aliphatic heterocycles. The number of benzene rings is 2. The summed E-state index contributed by atoms with van der Waals surface area (Å²) in [6, 6.07) is 11.7. The number of carboxylic acid groups (broad SMARTS) is 1. The van der Waals surface area contributed by atoms with Crippen molar-refractivity contribution in [1.29, 1.82) is 0 Å². The smallest absolute Gasteiger partial charge is 0.339 e. The van der Waals surface area contributed by atoms with E-state index in [4.69, 9.17) is 14.6 Å². The molecule has 0 aliphatic rings. The number of aryl methyl sites for hydroxylation is 2. The maximum absolute atomic E-state index is 12.8. The highest BCUT2D eigenvalue weighted by Crippen LogP contribution is 2.37. The summed E-state index contributed by atoms with van der Waals surface area (Å²) in [5, 5.41) is 15.9. The molecule has 0 fully saturated rings. The number of fused-ring (bicyclic) bond motifs is 2. The maximum atomic E-state index is 12.8. The van der Waals surface area contributed by atoms with Gasteiger partial charge >= 0.3 is 17.6 Å². The standard InChI is InChI=1S/C28H29N3O7/c1-15-18(10-11-24(32)31-21(26(33)34)9-6-12-30-28(29)36)27(35)38-22-14-23-20(13-19(15)22)25(16(2)37-23)17-7-4-3-5-8-17/h3-5,7-8,13-14,21H,6,9-12H2,1-2H3,(H,31,32)(H,33,34)(H3,29,30,36). The van der Waals surface area contributed by atoms with Crippen molar-refractivity contribution in [2.24, 2.45) is 5.73 Å². The molecule has 5 N–H and O–H groups in total. The molecule has 0 aliphatic carbocycles. The van der Waals surface area contributed by atoms with E-state index in [-0.39, 0.29) is 25.8 Å². The highest BCUT2D eigenvalue weighted by molar-refractivity contribution is 6.03. The molecule has 0 saturated heterocycles. The Hall–Kier alpha value is -4.60. The number of rotatable bonds is 10. The van der Waals surface area contributed by atoms with Crippen LogP contribution in [0.1, 0.15) is 36.1 Å². The lowest BCUT2D eigenvalue weighted by Gasteiger charge is -2.15. The third kappa shape index (κ3) is 5.69. The molecular weight excluding hydrogens is 490 g/mol. The zero-order valence-corrected chi connectivity index (χ0v) is 21.1. The molecule has 2 heterocycles. The van der Waals surface area contributed by atoms with Crippen LogP contribution in [0.4, 0.5) is 4.79 Å². The van der Waals surface area contributed by atoms with Crippen LogP contribution in [0.3, 0.4) is 0 Å². The van der Waals surface area contributed by atoms with Crippen molar-refractivity contribution in [3.8, 4) is 11.1 Å². The van der Waals surface area contributed by atoms with Gasteiger partial charge in [0.2, 0.25) is 5.91 Å². The van der Waals surface area contributed by atoms with Gasteiger partial charge in [-0.25, -0.2) is 14.4 Å². The highest BCUT2D eigenvalue weighted by atomic mass is 16.4. The van der Waals surface area contributed by atoms with Crippen LogP contribution in [0.2, 0.25) is 0 Å². The van der Waals surface area contributed by atoms with Crippen molar-refractivity contribution in [2.75, 3.05) is 6.54 Å². The number of nitrogens with two attached hydrogens (primary N) is 1. The lowest BCUT2D eigenvalue weighted by Crippen LogP contribution is -2.41. The number of amides is 3. The summed E-state index contributed by atoms with van der Waals surface area (Å²) in [5.41, 5.74) is 8.44. The summed E-state index contributed by atoms with van der Waals surface area (Å²) in [7, 11) is 0. The van der Waals surface area contributed by atoms with E-state index in [2.05, 4.69) is 10.6 Å². The molecule has 1 unspecified atom stereocenters. The second kappa shape index (κ2) is 11.2. The van der Waals surface area contributed by atoms with E-state index in [9.17, 15) is 24.3 Å². The molecule has 0 saturated carbocycles. The molecular formula is C28H29N3O7. The first kappa shape index (κ1) is 26.5. The SMILES string of the molecule is Cc1oc2cc3oc(=O)c(CCC(=O)NC(CCCNC(N)=O)C(=O)O)c(C)c3cc2c1-c1ccccc1. The van der Waals surface area contributed by atoms with Gasteiger partial charge in [-0.15, -0.1) is 0 Å². The summed E-state index contributed by atoms with van der Waals surface area (Å²) in [4.78, 5) is 47.6. The zero-order valence-electron chi connectivity index (χ0n) is 21.1. The fourth-order valence-electron chi connectivity index (χ4n) is 4.63. The van der Waals surface area contributed by atoms with E-state index in [1.54, 1.807) is 13.0 Å². The monoisotopic (exact) mass is 519 g/mol. The first-order valence-electron chi connectivity index (χ1n) is 12.3. The minimum atomic E-state index is -1.19. The van der Waals surface area contributed by atoms with Crippen LogP contribution in [0.5, 0.6) is 0 Å². The number of primary amides is 1. The van der Waals surface area contributed by atoms with Crippen LogP contribution in [-0.4, -0.2) is 35.6 Å². The normalized spacial score (nSPS) is 11.9. The van der Waals surface area contributed by atoms with Gasteiger partial charge < -0.3 is 30.3 Å². The molecule has 2 aromatic heterocycles. The van der Waals surface area contributed by atoms with Crippen LogP contribution in [0.15, 0.2) is 56.1 Å². The van der Waals surface area contributed by atoms with Crippen LogP contribution < -0.4 is 22.0 Å². The Balaban J connectivity index is 1.55. The molecule has 10 heteroatoms. The lowest BCUT2D eigenvalue weighted by atomic mass is 9.98. The largest absolute Gasteiger partial charge is 0.480 e. The Morgan fingerprint density at radius 1 is 1.03 bits per heavy atom. The predicted molar refractivity (Wildman–Crippen MR) is 142 cm³/mol. The third-order valence-electron chi connectivity index (χ3n) is 6.54. The Morgan fingerprint density at radius 3 is 2.42 bits per heavy atom. The molecule has 10 nitrogen and oxygen atoms in total. The van der Waals surface area contributed by atoms with E-state index in [1.807, 2.05) is 43.3 Å². The Labute approximate surface area is 217 Å². The summed E-state index contributed by atoms with van der Waals surface area (Å²) < 4.78 is 11.6. The summed E-state index contributed by atoms with van der Waals surface area (Å²) in [6.45, 7) is 3.89. The minimum absolute atomic E-state index is 0.0828. The van der Waals surface area contributed by atoms with E-state index in [1.165, 1.54) is 0 Å². The van der Waals surface area contributed by atoms with Crippen LogP contribution in [-0.2, 0) is 16.0 Å². The van der Waals surface area contributed by atoms with Crippen molar-refractivity contribution < 1.29 is 28.3 Å². The Kier molecular flexibility index (Phi) is 7.80. The van der Waals surface area contributed by atoms with Gasteiger partial charge in [0.05, 0.1) is 0 Å². The van der Waals surface area contributed by atoms with Crippen molar-refractivity contribution >= 4 is 39.8 Å². The first-order valence-corrected chi connectivity index (χ1v) is 12.3. The second-order valence-corrected chi connectivity index (χ2v) is 9.13. The van der Waals surface area contributed by atoms with Gasteiger partial charge in [-0.05, 0) is 50.3 Å². The molecule has 4 aromatic rings. The average molecular weight is 520 g/mol. The Morgan fingerprint density at radius 2 is 1.74 bits per heavy atom. The van der Waals surface area contributed by atoms with E-state index < -0.39 is 29.6 Å². The third-order valence-corrected chi connectivity index (χ3v) is 6.54. The van der Waals surface area contributed by atoms with Crippen molar-refractivity contribution in [2.45, 2.75) is 45.6 Å². The number of hydrogen-bond donors (Lipinski definition) is 4. The fraction of sp³-hybridized carbons (Fsp3) is 0.286. The van der Waals surface area contributed by atoms with Gasteiger partial charge in [0.1, 0.15) is 23.0 Å². The summed E-state index contributed by atoms with van der Waals surface area (Å²) >= 11 is 0. The fourth-order valence-corrected chi connectivity index (χ4v) is 4.63. The number of nitrogens with one attached hydrogen (secondary N) is 2. The molecule has 198 valence electrons. The minimum Gasteiger partial charge on any atom is -0.480 e. The van der Waals surface area contributed by atoms with Gasteiger partial charge in [0.15, 0.2) is 0 Å². The molecule has 0 spiro atoms. The van der Waals surface area contributed by atoms with Crippen LogP contribution in [0.25, 0.3) is 33.1 Å². The van der Waals surface area contributed by atoms with Crippen LogP contribution in [0, 0.1) is 13.8 Å². The average Bonchev–Trinajstić information content (AvgIpc) is 3.19.